The van der Waals surface area contributed by atoms with E-state index in [0.29, 0.717) is 47.7 Å². The van der Waals surface area contributed by atoms with Crippen molar-refractivity contribution < 1.29 is 87.5 Å². The van der Waals surface area contributed by atoms with Crippen molar-refractivity contribution in [3.05, 3.63) is 101 Å². The highest BCUT2D eigenvalue weighted by Crippen LogP contribution is 2.30. The molecule has 1 saturated carbocycles. The van der Waals surface area contributed by atoms with Gasteiger partial charge in [0.25, 0.3) is 0 Å². The molecule has 2 fully saturated rings. The first kappa shape index (κ1) is 77.1. The summed E-state index contributed by atoms with van der Waals surface area (Å²) in [7, 11) is 0. The normalized spacial score (nSPS) is 23.9. The van der Waals surface area contributed by atoms with Crippen LogP contribution in [0.1, 0.15) is 121 Å². The average Bonchev–Trinajstić information content (AvgIpc) is 0.808. The first-order valence-corrected chi connectivity index (χ1v) is 32.7. The number of aryl methyl sites for hydroxylation is 2. The molecule has 3 aromatic rings. The average molecular weight is 1360 g/mol. The van der Waals surface area contributed by atoms with Gasteiger partial charge in [-0.1, -0.05) is 126 Å². The fraction of sp³-hybridized carbons (Fsp3) is 0.515. The Bertz CT molecular complexity index is 3320. The molecular formula is C66H89N11O18S. The molecule has 0 radical (unpaired) electrons. The van der Waals surface area contributed by atoms with Crippen LogP contribution in [0.15, 0.2) is 72.8 Å². The number of carboxylic acid groups (broad SMARTS) is 3. The molecule has 0 aromatic heterocycles. The van der Waals surface area contributed by atoms with Crippen LogP contribution in [0, 0.1) is 31.1 Å². The largest absolute Gasteiger partial charge is 0.508 e. The van der Waals surface area contributed by atoms with Crippen LogP contribution in [0.25, 0.3) is 0 Å². The lowest BCUT2D eigenvalue weighted by Gasteiger charge is -2.39. The molecule has 1 aliphatic carbocycles. The molecule has 30 heteroatoms. The summed E-state index contributed by atoms with van der Waals surface area (Å²) in [6.45, 7) is 13.3. The molecule has 2 aliphatic rings. The number of aliphatic carboxylic acids is 3. The van der Waals surface area contributed by atoms with E-state index in [1.165, 1.54) is 31.2 Å². The van der Waals surface area contributed by atoms with Gasteiger partial charge in [0.15, 0.2) is 5.92 Å². The Morgan fingerprint density at radius 1 is 0.552 bits per heavy atom. The Balaban J connectivity index is 1.64. The summed E-state index contributed by atoms with van der Waals surface area (Å²) in [5.41, 5.74) is 6.04. The number of thioether (sulfide) groups is 1. The predicted octanol–water partition coefficient (Wildman–Crippen LogP) is 0.214. The van der Waals surface area contributed by atoms with Crippen molar-refractivity contribution in [1.29, 1.82) is 0 Å². The Labute approximate surface area is 559 Å². The summed E-state index contributed by atoms with van der Waals surface area (Å²) in [6, 6.07) is 4.20. The highest BCUT2D eigenvalue weighted by atomic mass is 32.2. The number of nitrogens with two attached hydrogens (primary N) is 1. The number of primary amides is 1. The lowest BCUT2D eigenvalue weighted by Crippen LogP contribution is -2.66. The topological polar surface area (TPSA) is 466 Å². The molecule has 522 valence electrons. The molecule has 1 aliphatic heterocycles. The third kappa shape index (κ3) is 24.0. The minimum atomic E-state index is -2.33. The Hall–Kier alpha value is -9.61. The molecule has 96 heavy (non-hydrogen) atoms. The van der Waals surface area contributed by atoms with Crippen molar-refractivity contribution in [3.8, 4) is 5.75 Å². The van der Waals surface area contributed by atoms with Crippen LogP contribution in [0.2, 0.25) is 0 Å². The van der Waals surface area contributed by atoms with Crippen molar-refractivity contribution in [2.75, 3.05) is 11.5 Å². The number of hydrogen-bond acceptors (Lipinski definition) is 16. The molecule has 9 atom stereocenters. The summed E-state index contributed by atoms with van der Waals surface area (Å²) in [4.78, 5) is 195. The second-order valence-corrected chi connectivity index (χ2v) is 27.1. The number of aromatic hydroxyl groups is 1. The zero-order valence-electron chi connectivity index (χ0n) is 55.0. The number of hydrogen-bond donors (Lipinski definition) is 15. The predicted molar refractivity (Wildman–Crippen MR) is 350 cm³/mol. The standard InChI is InChI=1S/C66H89N11O18S/c1-34(2)52-60(88)68-37(5)53(81)73-48(31-65(6,7)8)58(86)71-44(27-39-18-14-36(4)15-19-39)55(83)74-49(63(93)94)32-96-33-51(80)69-46(29-42(61(89)90)62(91)92)56(84)70-43(26-38-16-12-35(3)13-17-38)54(82)72-45(28-40-20-22-41(78)23-21-40)59(87)77-66(24-10-9-11-25-66)64(95)75-47(30-50(67)79)57(85)76-52/h12-23,34,37,42-49,52,78H,9-11,24-33H2,1-8H3,(H2,67,79)(H,68,88)(H,69,80)(H,70,84)(H,71,86)(H,72,82)(H,73,81)(H,74,83)(H,75,95)(H,76,85)(H,77,87)(H,89,90)(H,91,92)(H,93,94)/t37-,43+,44+,45+,46+,47+,48?,49+,52+/m1/s1. The van der Waals surface area contributed by atoms with Crippen LogP contribution in [-0.2, 0) is 86.4 Å². The molecule has 29 nitrogen and oxygen atoms in total. The van der Waals surface area contributed by atoms with E-state index >= 15 is 4.79 Å². The van der Waals surface area contributed by atoms with Gasteiger partial charge < -0.3 is 79.3 Å². The number of phenols is 1. The highest BCUT2D eigenvalue weighted by Gasteiger charge is 2.45. The van der Waals surface area contributed by atoms with Gasteiger partial charge in [-0.2, -0.15) is 0 Å². The third-order valence-corrected chi connectivity index (χ3v) is 17.3. The van der Waals surface area contributed by atoms with E-state index in [1.54, 1.807) is 90.1 Å². The molecule has 11 amide bonds. The smallest absolute Gasteiger partial charge is 0.327 e. The number of benzene rings is 3. The quantitative estimate of drug-likeness (QED) is 0.0905. The van der Waals surface area contributed by atoms with Gasteiger partial charge in [-0.25, -0.2) is 4.79 Å². The molecular weight excluding hydrogens is 1270 g/mol. The zero-order chi connectivity index (χ0) is 71.4. The SMILES string of the molecule is Cc1ccc(C[C@@H]2NC(=O)C(CC(C)(C)C)NC(=O)[C@@H](C)NC(=O)[C@H](C(C)C)NC(=O)[C@H](CC(N)=O)NC(=O)C3(CCCCC3)NC(=O)[C@H](Cc3ccc(O)cc3)NC(=O)[C@H](Cc3ccc(C)cc3)NC(=O)[C@H](CC(C(=O)O)C(=O)O)NC(=O)CSC[C@@H](C(=O)O)NC2=O)cc1. The zero-order valence-corrected chi connectivity index (χ0v) is 55.8. The Kier molecular flexibility index (Phi) is 28.3. The van der Waals surface area contributed by atoms with Gasteiger partial charge >= 0.3 is 17.9 Å². The van der Waals surface area contributed by atoms with E-state index in [4.69, 9.17) is 5.73 Å². The van der Waals surface area contributed by atoms with Crippen LogP contribution < -0.4 is 58.9 Å². The van der Waals surface area contributed by atoms with E-state index in [1.807, 2.05) is 6.92 Å². The number of carbonyl (C=O) groups is 14. The van der Waals surface area contributed by atoms with E-state index in [-0.39, 0.29) is 44.3 Å². The van der Waals surface area contributed by atoms with Gasteiger partial charge in [0.05, 0.1) is 12.2 Å². The molecule has 3 aromatic carbocycles. The van der Waals surface area contributed by atoms with Crippen molar-refractivity contribution in [2.24, 2.45) is 23.0 Å². The van der Waals surface area contributed by atoms with Crippen molar-refractivity contribution in [3.63, 3.8) is 0 Å². The summed E-state index contributed by atoms with van der Waals surface area (Å²) < 4.78 is 0. The maximum Gasteiger partial charge on any atom is 0.327 e. The molecule has 1 saturated heterocycles. The molecule has 5 rings (SSSR count). The van der Waals surface area contributed by atoms with Crippen molar-refractivity contribution in [1.82, 2.24) is 53.2 Å². The number of carboxylic acids is 3. The summed E-state index contributed by atoms with van der Waals surface area (Å²) >= 11 is 0.622. The Morgan fingerprint density at radius 3 is 1.47 bits per heavy atom. The van der Waals surface area contributed by atoms with E-state index < -0.39 is 184 Å². The second kappa shape index (κ2) is 35.2. The van der Waals surface area contributed by atoms with Crippen LogP contribution in [0.4, 0.5) is 0 Å². The number of rotatable bonds is 15. The summed E-state index contributed by atoms with van der Waals surface area (Å²) in [5.74, 6) is -21.1. The van der Waals surface area contributed by atoms with Crippen LogP contribution in [-0.4, -0.2) is 175 Å². The Morgan fingerprint density at radius 2 is 1.00 bits per heavy atom. The van der Waals surface area contributed by atoms with E-state index in [2.05, 4.69) is 53.2 Å². The van der Waals surface area contributed by atoms with E-state index in [0.717, 1.165) is 11.1 Å². The van der Waals surface area contributed by atoms with Gasteiger partial charge in [0, 0.05) is 31.4 Å². The van der Waals surface area contributed by atoms with Crippen LogP contribution in [0.3, 0.4) is 0 Å². The molecule has 16 N–H and O–H groups in total. The van der Waals surface area contributed by atoms with Gasteiger partial charge in [0.1, 0.15) is 65.7 Å². The van der Waals surface area contributed by atoms with Gasteiger partial charge in [-0.3, -0.25) is 62.3 Å². The monoisotopic (exact) mass is 1360 g/mol. The summed E-state index contributed by atoms with van der Waals surface area (Å²) in [6.07, 6.45) is -1.67. The van der Waals surface area contributed by atoms with Crippen LogP contribution in [0.5, 0.6) is 5.75 Å². The third-order valence-electron chi connectivity index (χ3n) is 16.2. The lowest BCUT2D eigenvalue weighted by molar-refractivity contribution is -0.156. The molecule has 1 spiro atoms. The first-order chi connectivity index (χ1) is 45.0. The van der Waals surface area contributed by atoms with Crippen LogP contribution >= 0.6 is 11.8 Å². The minimum Gasteiger partial charge on any atom is -0.508 e. The fourth-order valence-electron chi connectivity index (χ4n) is 10.8. The number of nitrogens with one attached hydrogen (secondary N) is 10. The van der Waals surface area contributed by atoms with Gasteiger partial charge in [-0.05, 0) is 80.2 Å². The maximum atomic E-state index is 15.0. The first-order valence-electron chi connectivity index (χ1n) is 31.5. The second-order valence-electron chi connectivity index (χ2n) is 26.0. The molecule has 1 heterocycles. The minimum absolute atomic E-state index is 0.0425. The number of amides is 11. The van der Waals surface area contributed by atoms with Crippen molar-refractivity contribution in [2.45, 2.75) is 186 Å². The number of phenolic OH excluding ortho intramolecular Hbond substituents is 1. The number of carbonyl (C=O) groups excluding carboxylic acids is 11. The lowest BCUT2D eigenvalue weighted by atomic mass is 9.80. The molecule has 1 unspecified atom stereocenters. The summed E-state index contributed by atoms with van der Waals surface area (Å²) in [5, 5.41) is 66.2. The van der Waals surface area contributed by atoms with Crippen molar-refractivity contribution >= 4 is 94.6 Å². The van der Waals surface area contributed by atoms with E-state index in [9.17, 15) is 82.8 Å². The highest BCUT2D eigenvalue weighted by molar-refractivity contribution is 8.00. The fourth-order valence-corrected chi connectivity index (χ4v) is 11.7. The molecule has 0 bridgehead atoms. The maximum absolute atomic E-state index is 15.0. The van der Waals surface area contributed by atoms with Gasteiger partial charge in [0.2, 0.25) is 65.0 Å². The van der Waals surface area contributed by atoms with Gasteiger partial charge in [-0.15, -0.1) is 11.8 Å².